The number of carbonyl (C=O) groups excluding carboxylic acids is 1. The molecular weight excluding hydrogens is 306 g/mol. The minimum Gasteiger partial charge on any atom is -0.480 e. The SMILES string of the molecule is CC1=C2CC(C(=O)O)(C(=O)O)CC2=C(C)C(=O)CN(C(=O)O)C1. The van der Waals surface area contributed by atoms with Gasteiger partial charge in [-0.05, 0) is 37.0 Å². The number of hydrogen-bond acceptors (Lipinski definition) is 4. The highest BCUT2D eigenvalue weighted by Gasteiger charge is 2.53. The van der Waals surface area contributed by atoms with Crippen molar-refractivity contribution >= 4 is 23.8 Å². The summed E-state index contributed by atoms with van der Waals surface area (Å²) in [7, 11) is 0. The lowest BCUT2D eigenvalue weighted by molar-refractivity contribution is -0.163. The Labute approximate surface area is 131 Å². The summed E-state index contributed by atoms with van der Waals surface area (Å²) >= 11 is 0. The third-order valence-electron chi connectivity index (χ3n) is 4.56. The summed E-state index contributed by atoms with van der Waals surface area (Å²) in [5.41, 5.74) is -0.325. The first-order valence-electron chi connectivity index (χ1n) is 6.96. The first-order valence-corrected chi connectivity index (χ1v) is 6.96. The number of rotatable bonds is 2. The van der Waals surface area contributed by atoms with Gasteiger partial charge in [0.2, 0.25) is 0 Å². The highest BCUT2D eigenvalue weighted by Crippen LogP contribution is 2.48. The van der Waals surface area contributed by atoms with E-state index in [2.05, 4.69) is 0 Å². The topological polar surface area (TPSA) is 132 Å². The summed E-state index contributed by atoms with van der Waals surface area (Å²) in [5, 5.41) is 27.9. The smallest absolute Gasteiger partial charge is 0.408 e. The molecule has 0 radical (unpaired) electrons. The van der Waals surface area contributed by atoms with Crippen LogP contribution in [0.4, 0.5) is 4.79 Å². The fourth-order valence-corrected chi connectivity index (χ4v) is 3.07. The van der Waals surface area contributed by atoms with Gasteiger partial charge in [-0.1, -0.05) is 5.57 Å². The zero-order chi connectivity index (χ0) is 17.5. The summed E-state index contributed by atoms with van der Waals surface area (Å²) in [5.74, 6) is -3.36. The molecule has 0 aromatic rings. The van der Waals surface area contributed by atoms with E-state index in [-0.39, 0.29) is 31.5 Å². The number of fused-ring (bicyclic) bond motifs is 1. The number of allylic oxidation sites excluding steroid dienone is 2. The number of ketones is 1. The molecule has 124 valence electrons. The Morgan fingerprint density at radius 3 is 1.96 bits per heavy atom. The Bertz CT molecular complexity index is 672. The van der Waals surface area contributed by atoms with Crippen LogP contribution in [0.3, 0.4) is 0 Å². The van der Waals surface area contributed by atoms with Crippen molar-refractivity contribution in [3.8, 4) is 0 Å². The number of carbonyl (C=O) groups is 4. The maximum absolute atomic E-state index is 12.2. The number of carboxylic acids is 2. The first kappa shape index (κ1) is 16.7. The molecule has 1 saturated carbocycles. The van der Waals surface area contributed by atoms with E-state index in [1.807, 2.05) is 0 Å². The monoisotopic (exact) mass is 323 g/mol. The zero-order valence-electron chi connectivity index (χ0n) is 12.8. The molecule has 0 unspecified atom stereocenters. The number of amides is 1. The van der Waals surface area contributed by atoms with Crippen LogP contribution in [-0.2, 0) is 14.4 Å². The van der Waals surface area contributed by atoms with Crippen molar-refractivity contribution in [2.45, 2.75) is 26.7 Å². The second-order valence-corrected chi connectivity index (χ2v) is 5.97. The Kier molecular flexibility index (Phi) is 4.02. The maximum Gasteiger partial charge on any atom is 0.408 e. The number of carboxylic acid groups (broad SMARTS) is 3. The van der Waals surface area contributed by atoms with Crippen LogP contribution in [0.25, 0.3) is 0 Å². The Hall–Kier alpha value is -2.64. The molecule has 1 aliphatic carbocycles. The van der Waals surface area contributed by atoms with Gasteiger partial charge in [-0.25, -0.2) is 4.79 Å². The largest absolute Gasteiger partial charge is 0.480 e. The fraction of sp³-hybridized carbons (Fsp3) is 0.467. The van der Waals surface area contributed by atoms with Crippen LogP contribution >= 0.6 is 0 Å². The molecule has 8 heteroatoms. The molecule has 3 N–H and O–H groups in total. The minimum atomic E-state index is -2.01. The van der Waals surface area contributed by atoms with Crippen molar-refractivity contribution in [1.82, 2.24) is 4.90 Å². The van der Waals surface area contributed by atoms with Gasteiger partial charge in [-0.15, -0.1) is 0 Å². The van der Waals surface area contributed by atoms with E-state index in [1.165, 1.54) is 6.92 Å². The molecule has 0 bridgehead atoms. The molecule has 0 saturated heterocycles. The van der Waals surface area contributed by atoms with Crippen molar-refractivity contribution in [3.63, 3.8) is 0 Å². The molecular formula is C15H17NO7. The van der Waals surface area contributed by atoms with Gasteiger partial charge in [0.05, 0.1) is 6.54 Å². The van der Waals surface area contributed by atoms with Crippen LogP contribution in [0.15, 0.2) is 22.3 Å². The normalized spacial score (nSPS) is 21.0. The van der Waals surface area contributed by atoms with E-state index < -0.39 is 29.2 Å². The third-order valence-corrected chi connectivity index (χ3v) is 4.56. The lowest BCUT2D eigenvalue weighted by Gasteiger charge is -2.24. The number of nitrogens with zero attached hydrogens (tertiary/aromatic N) is 1. The Balaban J connectivity index is 2.62. The van der Waals surface area contributed by atoms with E-state index in [1.54, 1.807) is 6.92 Å². The quantitative estimate of drug-likeness (QED) is 0.649. The van der Waals surface area contributed by atoms with Gasteiger partial charge < -0.3 is 15.3 Å². The van der Waals surface area contributed by atoms with E-state index in [0.29, 0.717) is 16.7 Å². The molecule has 0 spiro atoms. The van der Waals surface area contributed by atoms with Crippen LogP contribution < -0.4 is 0 Å². The molecule has 2 aliphatic rings. The second kappa shape index (κ2) is 5.53. The van der Waals surface area contributed by atoms with E-state index in [9.17, 15) is 29.4 Å². The average Bonchev–Trinajstić information content (AvgIpc) is 2.86. The molecule has 8 nitrogen and oxygen atoms in total. The molecule has 0 atom stereocenters. The molecule has 1 fully saturated rings. The number of aliphatic carboxylic acids is 2. The van der Waals surface area contributed by atoms with Crippen molar-refractivity contribution in [3.05, 3.63) is 22.3 Å². The maximum atomic E-state index is 12.2. The number of hydrogen-bond donors (Lipinski definition) is 3. The van der Waals surface area contributed by atoms with E-state index in [0.717, 1.165) is 4.90 Å². The molecule has 23 heavy (non-hydrogen) atoms. The van der Waals surface area contributed by atoms with Crippen molar-refractivity contribution < 1.29 is 34.5 Å². The van der Waals surface area contributed by atoms with Crippen molar-refractivity contribution in [2.24, 2.45) is 5.41 Å². The standard InChI is InChI=1S/C15H17NO7/c1-7-5-16(14(22)23)6-11(17)8(2)10-4-15(12(18)19,13(20)21)3-9(7)10/h3-6H2,1-2H3,(H,18,19)(H,20,21)(H,22,23). The van der Waals surface area contributed by atoms with Crippen LogP contribution in [0.5, 0.6) is 0 Å². The van der Waals surface area contributed by atoms with Crippen molar-refractivity contribution in [1.29, 1.82) is 0 Å². The highest BCUT2D eigenvalue weighted by atomic mass is 16.4. The zero-order valence-corrected chi connectivity index (χ0v) is 12.8. The molecule has 0 aromatic carbocycles. The summed E-state index contributed by atoms with van der Waals surface area (Å²) in [6, 6.07) is 0. The molecule has 1 heterocycles. The van der Waals surface area contributed by atoms with Gasteiger partial charge in [0, 0.05) is 13.0 Å². The van der Waals surface area contributed by atoms with Gasteiger partial charge in [0.25, 0.3) is 0 Å². The summed E-state index contributed by atoms with van der Waals surface area (Å²) in [6.07, 6.45) is -1.78. The van der Waals surface area contributed by atoms with Gasteiger partial charge in [-0.2, -0.15) is 0 Å². The summed E-state index contributed by atoms with van der Waals surface area (Å²) in [4.78, 5) is 47.4. The van der Waals surface area contributed by atoms with Gasteiger partial charge in [0.1, 0.15) is 0 Å². The van der Waals surface area contributed by atoms with Crippen LogP contribution in [0.2, 0.25) is 0 Å². The van der Waals surface area contributed by atoms with Crippen LogP contribution in [0.1, 0.15) is 26.7 Å². The summed E-state index contributed by atoms with van der Waals surface area (Å²) in [6.45, 7) is 2.73. The fourth-order valence-electron chi connectivity index (χ4n) is 3.07. The van der Waals surface area contributed by atoms with Gasteiger partial charge in [0.15, 0.2) is 11.2 Å². The van der Waals surface area contributed by atoms with Crippen LogP contribution in [-0.4, -0.2) is 57.1 Å². The molecule has 2 rings (SSSR count). The first-order chi connectivity index (χ1) is 10.6. The highest BCUT2D eigenvalue weighted by molar-refractivity contribution is 6.03. The molecule has 1 aliphatic heterocycles. The second-order valence-electron chi connectivity index (χ2n) is 5.97. The average molecular weight is 323 g/mol. The lowest BCUT2D eigenvalue weighted by Crippen LogP contribution is -2.37. The van der Waals surface area contributed by atoms with Crippen molar-refractivity contribution in [2.75, 3.05) is 13.1 Å². The van der Waals surface area contributed by atoms with Gasteiger partial charge >= 0.3 is 18.0 Å². The molecule has 0 aromatic heterocycles. The molecule has 1 amide bonds. The predicted octanol–water partition coefficient (Wildman–Crippen LogP) is 1.13. The Morgan fingerprint density at radius 2 is 1.48 bits per heavy atom. The van der Waals surface area contributed by atoms with E-state index in [4.69, 9.17) is 5.11 Å². The minimum absolute atomic E-state index is 0.0531. The predicted molar refractivity (Wildman–Crippen MR) is 76.9 cm³/mol. The van der Waals surface area contributed by atoms with Gasteiger partial charge in [-0.3, -0.25) is 19.3 Å². The van der Waals surface area contributed by atoms with Crippen LogP contribution in [0, 0.1) is 5.41 Å². The Morgan fingerprint density at radius 1 is 0.957 bits per heavy atom. The number of Topliss-reactive ketones (excluding diaryl/α,β-unsaturated/α-hetero) is 1. The third kappa shape index (κ3) is 2.60. The lowest BCUT2D eigenvalue weighted by atomic mass is 9.85. The summed E-state index contributed by atoms with van der Waals surface area (Å²) < 4.78 is 0. The van der Waals surface area contributed by atoms with E-state index >= 15 is 0 Å².